The molecule has 1 saturated heterocycles. The van der Waals surface area contributed by atoms with Gasteiger partial charge in [0.25, 0.3) is 21.8 Å². The third kappa shape index (κ3) is 4.72. The van der Waals surface area contributed by atoms with Gasteiger partial charge in [-0.1, -0.05) is 72.3 Å². The molecule has 1 aliphatic heterocycles. The van der Waals surface area contributed by atoms with Crippen molar-refractivity contribution in [2.24, 2.45) is 0 Å². The van der Waals surface area contributed by atoms with E-state index in [0.717, 1.165) is 12.0 Å². The SMILES string of the molecule is CC1(C(=O)NS(=O)(=O)c2ccccc2Cl)CCN1C(=O)c1ccccc1CCc1ccccc1. The number of nitrogens with one attached hydrogen (secondary N) is 1. The van der Waals surface area contributed by atoms with Crippen molar-refractivity contribution in [3.8, 4) is 0 Å². The first-order chi connectivity index (χ1) is 16.2. The fourth-order valence-corrected chi connectivity index (χ4v) is 5.68. The summed E-state index contributed by atoms with van der Waals surface area (Å²) in [5.74, 6) is -1.04. The number of rotatable bonds is 7. The molecule has 3 aromatic rings. The Morgan fingerprint density at radius 3 is 2.26 bits per heavy atom. The highest BCUT2D eigenvalue weighted by Gasteiger charge is 2.51. The molecule has 1 fully saturated rings. The molecular formula is C26H25ClN2O4S. The van der Waals surface area contributed by atoms with Crippen LogP contribution in [-0.2, 0) is 27.7 Å². The molecule has 0 aromatic heterocycles. The number of amides is 2. The molecule has 8 heteroatoms. The number of benzene rings is 3. The first-order valence-electron chi connectivity index (χ1n) is 11.0. The van der Waals surface area contributed by atoms with Crippen molar-refractivity contribution >= 4 is 33.4 Å². The second kappa shape index (κ2) is 9.60. The largest absolute Gasteiger partial charge is 0.324 e. The molecule has 3 aromatic carbocycles. The van der Waals surface area contributed by atoms with Crippen molar-refractivity contribution in [2.75, 3.05) is 6.54 Å². The molecule has 1 N–H and O–H groups in total. The molecule has 0 saturated carbocycles. The highest BCUT2D eigenvalue weighted by Crippen LogP contribution is 2.34. The Hall–Kier alpha value is -3.16. The summed E-state index contributed by atoms with van der Waals surface area (Å²) < 4.78 is 27.6. The van der Waals surface area contributed by atoms with Crippen molar-refractivity contribution in [3.05, 3.63) is 101 Å². The summed E-state index contributed by atoms with van der Waals surface area (Å²) >= 11 is 6.01. The van der Waals surface area contributed by atoms with Gasteiger partial charge in [0.15, 0.2) is 0 Å². The molecule has 0 radical (unpaired) electrons. The number of carbonyl (C=O) groups excluding carboxylic acids is 2. The fourth-order valence-electron chi connectivity index (χ4n) is 4.09. The maximum atomic E-state index is 13.4. The van der Waals surface area contributed by atoms with Crippen LogP contribution in [0.1, 0.15) is 34.8 Å². The number of hydrogen-bond donors (Lipinski definition) is 1. The van der Waals surface area contributed by atoms with Gasteiger partial charge in [-0.25, -0.2) is 13.1 Å². The zero-order chi connectivity index (χ0) is 24.3. The topological polar surface area (TPSA) is 83.6 Å². The van der Waals surface area contributed by atoms with E-state index in [-0.39, 0.29) is 15.8 Å². The zero-order valence-corrected chi connectivity index (χ0v) is 20.3. The van der Waals surface area contributed by atoms with Gasteiger partial charge in [0.05, 0.1) is 5.02 Å². The molecular weight excluding hydrogens is 472 g/mol. The van der Waals surface area contributed by atoms with Crippen molar-refractivity contribution in [2.45, 2.75) is 36.6 Å². The van der Waals surface area contributed by atoms with Gasteiger partial charge >= 0.3 is 0 Å². The lowest BCUT2D eigenvalue weighted by atomic mass is 9.84. The highest BCUT2D eigenvalue weighted by atomic mass is 35.5. The van der Waals surface area contributed by atoms with Crippen LogP contribution < -0.4 is 4.72 Å². The fraction of sp³-hybridized carbons (Fsp3) is 0.231. The molecule has 176 valence electrons. The van der Waals surface area contributed by atoms with Gasteiger partial charge < -0.3 is 4.90 Å². The summed E-state index contributed by atoms with van der Waals surface area (Å²) in [6.45, 7) is 1.94. The van der Waals surface area contributed by atoms with Crippen LogP contribution in [-0.4, -0.2) is 37.2 Å². The van der Waals surface area contributed by atoms with Crippen molar-refractivity contribution in [1.82, 2.24) is 9.62 Å². The third-order valence-corrected chi connectivity index (χ3v) is 8.11. The maximum Gasteiger partial charge on any atom is 0.265 e. The number of aryl methyl sites for hydroxylation is 2. The van der Waals surface area contributed by atoms with Crippen molar-refractivity contribution in [1.29, 1.82) is 0 Å². The monoisotopic (exact) mass is 496 g/mol. The third-order valence-electron chi connectivity index (χ3n) is 6.28. The van der Waals surface area contributed by atoms with Gasteiger partial charge in [-0.05, 0) is 55.5 Å². The lowest BCUT2D eigenvalue weighted by Gasteiger charge is -2.49. The smallest absolute Gasteiger partial charge is 0.265 e. The summed E-state index contributed by atoms with van der Waals surface area (Å²) in [6.07, 6.45) is 1.80. The normalized spacial score (nSPS) is 17.6. The van der Waals surface area contributed by atoms with E-state index >= 15 is 0 Å². The van der Waals surface area contributed by atoms with Crippen LogP contribution >= 0.6 is 11.6 Å². The van der Waals surface area contributed by atoms with Crippen LogP contribution in [0.3, 0.4) is 0 Å². The van der Waals surface area contributed by atoms with Crippen LogP contribution in [0, 0.1) is 0 Å². The van der Waals surface area contributed by atoms with Gasteiger partial charge in [0.2, 0.25) is 0 Å². The summed E-state index contributed by atoms with van der Waals surface area (Å²) in [5.41, 5.74) is 1.29. The number of halogens is 1. The Morgan fingerprint density at radius 1 is 0.941 bits per heavy atom. The van der Waals surface area contributed by atoms with E-state index < -0.39 is 21.5 Å². The van der Waals surface area contributed by atoms with Crippen molar-refractivity contribution in [3.63, 3.8) is 0 Å². The lowest BCUT2D eigenvalue weighted by Crippen LogP contribution is -2.67. The number of sulfonamides is 1. The molecule has 2 amide bonds. The number of carbonyl (C=O) groups is 2. The Bertz CT molecular complexity index is 1330. The summed E-state index contributed by atoms with van der Waals surface area (Å²) in [7, 11) is -4.18. The van der Waals surface area contributed by atoms with Gasteiger partial charge in [0, 0.05) is 12.1 Å². The van der Waals surface area contributed by atoms with Gasteiger partial charge in [-0.3, -0.25) is 9.59 Å². The molecule has 1 aliphatic rings. The first-order valence-corrected chi connectivity index (χ1v) is 12.8. The van der Waals surface area contributed by atoms with Crippen LogP contribution in [0.15, 0.2) is 83.8 Å². The Labute approximate surface area is 204 Å². The van der Waals surface area contributed by atoms with E-state index in [2.05, 4.69) is 4.72 Å². The van der Waals surface area contributed by atoms with Crippen molar-refractivity contribution < 1.29 is 18.0 Å². The Morgan fingerprint density at radius 2 is 1.59 bits per heavy atom. The van der Waals surface area contributed by atoms with E-state index in [0.29, 0.717) is 24.9 Å². The number of hydrogen-bond acceptors (Lipinski definition) is 4. The summed E-state index contributed by atoms with van der Waals surface area (Å²) in [6, 6.07) is 23.2. The predicted octanol–water partition coefficient (Wildman–Crippen LogP) is 4.23. The minimum atomic E-state index is -4.18. The van der Waals surface area contributed by atoms with E-state index in [1.807, 2.05) is 42.5 Å². The average molecular weight is 497 g/mol. The number of nitrogens with zero attached hydrogens (tertiary/aromatic N) is 1. The lowest BCUT2D eigenvalue weighted by molar-refractivity contribution is -0.135. The van der Waals surface area contributed by atoms with E-state index in [9.17, 15) is 18.0 Å². The predicted molar refractivity (Wildman–Crippen MR) is 131 cm³/mol. The van der Waals surface area contributed by atoms with Crippen LogP contribution in [0.4, 0.5) is 0 Å². The highest BCUT2D eigenvalue weighted by molar-refractivity contribution is 7.90. The molecule has 34 heavy (non-hydrogen) atoms. The standard InChI is InChI=1S/C26H25ClN2O4S/c1-26(25(31)28-34(32,33)23-14-8-7-13-22(23)27)17-18-29(26)24(30)21-12-6-5-11-20(21)16-15-19-9-3-2-4-10-19/h2-14H,15-18H2,1H3,(H,28,31). The van der Waals surface area contributed by atoms with Gasteiger partial charge in [-0.2, -0.15) is 0 Å². The maximum absolute atomic E-state index is 13.4. The van der Waals surface area contributed by atoms with E-state index in [1.165, 1.54) is 28.7 Å². The Balaban J connectivity index is 1.52. The van der Waals surface area contributed by atoms with Crippen LogP contribution in [0.5, 0.6) is 0 Å². The molecule has 4 rings (SSSR count). The van der Waals surface area contributed by atoms with Gasteiger partial charge in [-0.15, -0.1) is 0 Å². The van der Waals surface area contributed by atoms with E-state index in [4.69, 9.17) is 11.6 Å². The first kappa shape index (κ1) is 24.0. The van der Waals surface area contributed by atoms with E-state index in [1.54, 1.807) is 25.1 Å². The Kier molecular flexibility index (Phi) is 6.77. The summed E-state index contributed by atoms with van der Waals surface area (Å²) in [4.78, 5) is 27.8. The molecule has 1 unspecified atom stereocenters. The average Bonchev–Trinajstić information content (AvgIpc) is 2.82. The number of likely N-dealkylation sites (tertiary alicyclic amines) is 1. The molecule has 0 spiro atoms. The van der Waals surface area contributed by atoms with Crippen LogP contribution in [0.2, 0.25) is 5.02 Å². The summed E-state index contributed by atoms with van der Waals surface area (Å²) in [5, 5.41) is 0.0156. The zero-order valence-electron chi connectivity index (χ0n) is 18.7. The molecule has 6 nitrogen and oxygen atoms in total. The quantitative estimate of drug-likeness (QED) is 0.530. The second-order valence-electron chi connectivity index (χ2n) is 8.49. The van der Waals surface area contributed by atoms with Gasteiger partial charge in [0.1, 0.15) is 10.4 Å². The molecule has 0 bridgehead atoms. The molecule has 1 heterocycles. The molecule has 0 aliphatic carbocycles. The van der Waals surface area contributed by atoms with Crippen LogP contribution in [0.25, 0.3) is 0 Å². The minimum Gasteiger partial charge on any atom is -0.324 e. The molecule has 1 atom stereocenters. The second-order valence-corrected chi connectivity index (χ2v) is 10.5. The minimum absolute atomic E-state index is 0.0156.